The fourth-order valence-electron chi connectivity index (χ4n) is 3.20. The first-order valence-corrected chi connectivity index (χ1v) is 9.86. The van der Waals surface area contributed by atoms with E-state index in [1.54, 1.807) is 42.9 Å². The van der Waals surface area contributed by atoms with Gasteiger partial charge in [0, 0.05) is 29.3 Å². The minimum atomic E-state index is -0.364. The Morgan fingerprint density at radius 2 is 1.87 bits per heavy atom. The van der Waals surface area contributed by atoms with Crippen molar-refractivity contribution in [1.82, 2.24) is 14.9 Å². The Bertz CT molecular complexity index is 1180. The molecule has 2 N–H and O–H groups in total. The van der Waals surface area contributed by atoms with Crippen LogP contribution in [-0.4, -0.2) is 21.4 Å². The van der Waals surface area contributed by atoms with Crippen molar-refractivity contribution in [3.63, 3.8) is 0 Å². The third-order valence-electron chi connectivity index (χ3n) is 5.04. The molecule has 0 spiro atoms. The second kappa shape index (κ2) is 8.71. The Hall–Kier alpha value is -4.13. The monoisotopic (exact) mass is 414 g/mol. The zero-order valence-corrected chi connectivity index (χ0v) is 17.2. The van der Waals surface area contributed by atoms with Gasteiger partial charge < -0.3 is 19.6 Å². The van der Waals surface area contributed by atoms with Gasteiger partial charge in [0.15, 0.2) is 5.76 Å². The van der Waals surface area contributed by atoms with E-state index in [1.165, 1.54) is 6.26 Å². The number of aryl methyl sites for hydroxylation is 1. The minimum absolute atomic E-state index is 0.188. The van der Waals surface area contributed by atoms with Crippen LogP contribution in [0.1, 0.15) is 45.0 Å². The highest BCUT2D eigenvalue weighted by atomic mass is 16.3. The maximum Gasteiger partial charge on any atom is 0.291 e. The predicted molar refractivity (Wildman–Crippen MR) is 117 cm³/mol. The summed E-state index contributed by atoms with van der Waals surface area (Å²) in [7, 11) is 0. The summed E-state index contributed by atoms with van der Waals surface area (Å²) in [6, 6.07) is 16.2. The van der Waals surface area contributed by atoms with Gasteiger partial charge in [0.2, 0.25) is 0 Å². The molecule has 2 amide bonds. The van der Waals surface area contributed by atoms with Gasteiger partial charge >= 0.3 is 0 Å². The number of amides is 2. The average molecular weight is 414 g/mol. The molecule has 2 aromatic heterocycles. The summed E-state index contributed by atoms with van der Waals surface area (Å²) in [5.41, 5.74) is 3.85. The molecule has 0 saturated carbocycles. The Morgan fingerprint density at radius 1 is 1.06 bits per heavy atom. The number of furan rings is 1. The van der Waals surface area contributed by atoms with Crippen molar-refractivity contribution in [2.45, 2.75) is 19.9 Å². The molecule has 0 aliphatic carbocycles. The largest absolute Gasteiger partial charge is 0.459 e. The molecule has 2 aromatic carbocycles. The quantitative estimate of drug-likeness (QED) is 0.486. The van der Waals surface area contributed by atoms with Crippen LogP contribution in [0, 0.1) is 6.92 Å². The summed E-state index contributed by atoms with van der Waals surface area (Å²) >= 11 is 0. The standard InChI is InChI=1S/C24H22N4O3/c1-16-5-6-19(14-21(16)27-24(30)22-4-3-13-31-22)23(29)26-17(2)18-7-9-20(10-8-18)28-12-11-25-15-28/h3-15,17H,1-2H3,(H,26,29)(H,27,30). The summed E-state index contributed by atoms with van der Waals surface area (Å²) in [6.45, 7) is 3.79. The van der Waals surface area contributed by atoms with Crippen LogP contribution in [0.2, 0.25) is 0 Å². The first-order chi connectivity index (χ1) is 15.0. The summed E-state index contributed by atoms with van der Waals surface area (Å²) in [5.74, 6) is -0.376. The Morgan fingerprint density at radius 3 is 2.55 bits per heavy atom. The van der Waals surface area contributed by atoms with Crippen LogP contribution in [0.25, 0.3) is 5.69 Å². The van der Waals surface area contributed by atoms with Crippen LogP contribution in [-0.2, 0) is 0 Å². The van der Waals surface area contributed by atoms with E-state index in [0.717, 1.165) is 16.8 Å². The second-order valence-corrected chi connectivity index (χ2v) is 7.22. The van der Waals surface area contributed by atoms with E-state index in [9.17, 15) is 9.59 Å². The van der Waals surface area contributed by atoms with E-state index in [1.807, 2.05) is 48.9 Å². The zero-order chi connectivity index (χ0) is 21.8. The van der Waals surface area contributed by atoms with Crippen molar-refractivity contribution in [2.75, 3.05) is 5.32 Å². The molecule has 7 nitrogen and oxygen atoms in total. The van der Waals surface area contributed by atoms with Gasteiger partial charge in [0.05, 0.1) is 18.6 Å². The van der Waals surface area contributed by atoms with Gasteiger partial charge in [-0.1, -0.05) is 18.2 Å². The van der Waals surface area contributed by atoms with Crippen LogP contribution in [0.3, 0.4) is 0 Å². The lowest BCUT2D eigenvalue weighted by Gasteiger charge is -2.16. The Kier molecular flexibility index (Phi) is 5.66. The molecule has 1 atom stereocenters. The number of benzene rings is 2. The summed E-state index contributed by atoms with van der Waals surface area (Å²) in [6.07, 6.45) is 6.78. The number of aromatic nitrogens is 2. The molecule has 31 heavy (non-hydrogen) atoms. The van der Waals surface area contributed by atoms with Crippen molar-refractivity contribution in [3.05, 3.63) is 102 Å². The van der Waals surface area contributed by atoms with Crippen molar-refractivity contribution in [1.29, 1.82) is 0 Å². The third-order valence-corrected chi connectivity index (χ3v) is 5.04. The van der Waals surface area contributed by atoms with Gasteiger partial charge in [-0.05, 0) is 61.4 Å². The molecule has 0 fully saturated rings. The fourth-order valence-corrected chi connectivity index (χ4v) is 3.20. The number of imidazole rings is 1. The van der Waals surface area contributed by atoms with Crippen LogP contribution in [0.5, 0.6) is 0 Å². The number of hydrogen-bond donors (Lipinski definition) is 2. The highest BCUT2D eigenvalue weighted by Crippen LogP contribution is 2.20. The SMILES string of the molecule is Cc1ccc(C(=O)NC(C)c2ccc(-n3ccnc3)cc2)cc1NC(=O)c1ccco1. The molecule has 156 valence electrons. The highest BCUT2D eigenvalue weighted by molar-refractivity contribution is 6.04. The molecule has 7 heteroatoms. The number of nitrogens with zero attached hydrogens (tertiary/aromatic N) is 2. The van der Waals surface area contributed by atoms with Gasteiger partial charge in [0.25, 0.3) is 11.8 Å². The molecule has 4 rings (SSSR count). The third kappa shape index (κ3) is 4.56. The van der Waals surface area contributed by atoms with E-state index < -0.39 is 0 Å². The van der Waals surface area contributed by atoms with Crippen LogP contribution in [0.4, 0.5) is 5.69 Å². The van der Waals surface area contributed by atoms with Crippen molar-refractivity contribution >= 4 is 17.5 Å². The predicted octanol–water partition coefficient (Wildman–Crippen LogP) is 4.52. The van der Waals surface area contributed by atoms with Gasteiger partial charge in [-0.15, -0.1) is 0 Å². The topological polar surface area (TPSA) is 89.2 Å². The Labute approximate surface area is 179 Å². The number of rotatable bonds is 6. The van der Waals surface area contributed by atoms with Crippen molar-refractivity contribution < 1.29 is 14.0 Å². The molecular formula is C24H22N4O3. The summed E-state index contributed by atoms with van der Waals surface area (Å²) < 4.78 is 7.04. The molecule has 4 aromatic rings. The maximum absolute atomic E-state index is 12.8. The first-order valence-electron chi connectivity index (χ1n) is 9.86. The lowest BCUT2D eigenvalue weighted by atomic mass is 10.1. The maximum atomic E-state index is 12.8. The molecule has 0 aliphatic rings. The molecule has 0 bridgehead atoms. The lowest BCUT2D eigenvalue weighted by molar-refractivity contribution is 0.0938. The van der Waals surface area contributed by atoms with Crippen LogP contribution >= 0.6 is 0 Å². The number of nitrogens with one attached hydrogen (secondary N) is 2. The summed E-state index contributed by atoms with van der Waals surface area (Å²) in [5, 5.41) is 5.80. The molecule has 1 unspecified atom stereocenters. The van der Waals surface area contributed by atoms with Gasteiger partial charge in [-0.25, -0.2) is 4.98 Å². The Balaban J connectivity index is 1.45. The molecule has 2 heterocycles. The zero-order valence-electron chi connectivity index (χ0n) is 17.2. The average Bonchev–Trinajstić information content (AvgIpc) is 3.50. The molecule has 0 saturated heterocycles. The van der Waals surface area contributed by atoms with E-state index in [2.05, 4.69) is 15.6 Å². The number of anilines is 1. The molecule has 0 aliphatic heterocycles. The normalized spacial score (nSPS) is 11.7. The number of hydrogen-bond acceptors (Lipinski definition) is 4. The number of carbonyl (C=O) groups is 2. The second-order valence-electron chi connectivity index (χ2n) is 7.22. The van der Waals surface area contributed by atoms with Gasteiger partial charge in [-0.3, -0.25) is 9.59 Å². The number of carbonyl (C=O) groups excluding carboxylic acids is 2. The van der Waals surface area contributed by atoms with E-state index >= 15 is 0 Å². The van der Waals surface area contributed by atoms with Gasteiger partial charge in [0.1, 0.15) is 0 Å². The van der Waals surface area contributed by atoms with E-state index in [4.69, 9.17) is 4.42 Å². The molecule has 0 radical (unpaired) electrons. The summed E-state index contributed by atoms with van der Waals surface area (Å²) in [4.78, 5) is 29.1. The van der Waals surface area contributed by atoms with E-state index in [-0.39, 0.29) is 23.6 Å². The van der Waals surface area contributed by atoms with Crippen LogP contribution < -0.4 is 10.6 Å². The first kappa shape index (κ1) is 20.2. The fraction of sp³-hybridized carbons (Fsp3) is 0.125. The van der Waals surface area contributed by atoms with E-state index in [0.29, 0.717) is 11.3 Å². The van der Waals surface area contributed by atoms with Crippen LogP contribution in [0.15, 0.2) is 84.0 Å². The highest BCUT2D eigenvalue weighted by Gasteiger charge is 2.15. The van der Waals surface area contributed by atoms with Gasteiger partial charge in [-0.2, -0.15) is 0 Å². The smallest absolute Gasteiger partial charge is 0.291 e. The minimum Gasteiger partial charge on any atom is -0.459 e. The molecular weight excluding hydrogens is 392 g/mol. The lowest BCUT2D eigenvalue weighted by Crippen LogP contribution is -2.26. The van der Waals surface area contributed by atoms with Crippen molar-refractivity contribution in [3.8, 4) is 5.69 Å². The van der Waals surface area contributed by atoms with Crippen molar-refractivity contribution in [2.24, 2.45) is 0 Å².